The molecule has 0 saturated carbocycles. The third kappa shape index (κ3) is 10.5. The predicted molar refractivity (Wildman–Crippen MR) is 283 cm³/mol. The molecule has 4 aromatic rings. The number of rotatable bonds is 12. The molecule has 3 saturated heterocycles. The fourth-order valence-corrected chi connectivity index (χ4v) is 12.2. The second-order valence-electron chi connectivity index (χ2n) is 22.1. The normalized spacial score (nSPS) is 22.9. The molecule has 2 aliphatic carbocycles. The van der Waals surface area contributed by atoms with Gasteiger partial charge in [0.25, 0.3) is 11.5 Å². The minimum absolute atomic E-state index is 0.0252. The summed E-state index contributed by atoms with van der Waals surface area (Å²) in [6, 6.07) is 14.5. The Morgan fingerprint density at radius 3 is 2.36 bits per heavy atom. The maximum Gasteiger partial charge on any atom is 0.257 e. The van der Waals surface area contributed by atoms with E-state index in [0.717, 1.165) is 91.3 Å². The van der Waals surface area contributed by atoms with E-state index >= 15 is 8.78 Å². The average molecular weight is 1010 g/mol. The van der Waals surface area contributed by atoms with Crippen LogP contribution in [0, 0.1) is 29.4 Å². The molecule has 6 aliphatic rings. The van der Waals surface area contributed by atoms with E-state index in [0.29, 0.717) is 81.5 Å². The van der Waals surface area contributed by atoms with Crippen LogP contribution in [0.25, 0.3) is 23.4 Å². The highest BCUT2D eigenvalue weighted by Gasteiger charge is 2.40. The highest BCUT2D eigenvalue weighted by Crippen LogP contribution is 2.40. The molecular weight excluding hydrogens is 939 g/mol. The van der Waals surface area contributed by atoms with Crippen LogP contribution in [0.2, 0.25) is 0 Å². The molecule has 3 atom stereocenters. The van der Waals surface area contributed by atoms with Crippen molar-refractivity contribution in [1.29, 1.82) is 0 Å². The van der Waals surface area contributed by atoms with Crippen LogP contribution >= 0.6 is 0 Å². The highest BCUT2D eigenvalue weighted by atomic mass is 19.1. The van der Waals surface area contributed by atoms with Gasteiger partial charge in [0.05, 0.1) is 16.8 Å². The van der Waals surface area contributed by atoms with Crippen LogP contribution in [-0.4, -0.2) is 125 Å². The third-order valence-electron chi connectivity index (χ3n) is 16.7. The summed E-state index contributed by atoms with van der Waals surface area (Å²) in [7, 11) is 1.78. The molecule has 2 unspecified atom stereocenters. The van der Waals surface area contributed by atoms with E-state index in [4.69, 9.17) is 0 Å². The molecular formula is C59H68F2N8O5. The second-order valence-corrected chi connectivity index (χ2v) is 22.1. The van der Waals surface area contributed by atoms with Crippen molar-refractivity contribution < 1.29 is 28.0 Å². The number of imide groups is 1. The minimum Gasteiger partial charge on any atom is -0.388 e. The number of ketones is 1. The van der Waals surface area contributed by atoms with Gasteiger partial charge in [-0.05, 0) is 129 Å². The molecule has 388 valence electrons. The van der Waals surface area contributed by atoms with Crippen LogP contribution in [-0.2, 0) is 32.8 Å². The second kappa shape index (κ2) is 21.1. The number of nitrogens with zero attached hydrogens (tertiary/aromatic N) is 6. The van der Waals surface area contributed by atoms with Gasteiger partial charge in [-0.15, -0.1) is 0 Å². The van der Waals surface area contributed by atoms with Gasteiger partial charge in [-0.1, -0.05) is 42.8 Å². The van der Waals surface area contributed by atoms with Gasteiger partial charge in [-0.2, -0.15) is 0 Å². The van der Waals surface area contributed by atoms with Crippen molar-refractivity contribution in [2.24, 2.45) is 17.8 Å². The van der Waals surface area contributed by atoms with E-state index in [1.54, 1.807) is 35.0 Å². The molecule has 0 spiro atoms. The molecule has 2 aromatic heterocycles. The van der Waals surface area contributed by atoms with Crippen molar-refractivity contribution in [3.05, 3.63) is 139 Å². The number of benzene rings is 2. The molecule has 4 aliphatic heterocycles. The molecule has 3 fully saturated rings. The molecule has 2 N–H and O–H groups in total. The molecule has 10 rings (SSSR count). The topological polar surface area (TPSA) is 140 Å². The van der Waals surface area contributed by atoms with Gasteiger partial charge >= 0.3 is 0 Å². The van der Waals surface area contributed by atoms with Crippen LogP contribution in [0.1, 0.15) is 110 Å². The Kier molecular flexibility index (Phi) is 14.5. The number of amides is 3. The number of nitrogens with one attached hydrogen (secondary N) is 2. The number of piperazine rings is 1. The maximum absolute atomic E-state index is 15.9. The van der Waals surface area contributed by atoms with Crippen molar-refractivity contribution in [3.63, 3.8) is 0 Å². The Balaban J connectivity index is 0.701. The Morgan fingerprint density at radius 1 is 0.878 bits per heavy atom. The van der Waals surface area contributed by atoms with Gasteiger partial charge in [0.1, 0.15) is 11.6 Å². The predicted octanol–water partition coefficient (Wildman–Crippen LogP) is 7.66. The summed E-state index contributed by atoms with van der Waals surface area (Å²) in [6.07, 6.45) is 13.5. The summed E-state index contributed by atoms with van der Waals surface area (Å²) in [5.74, 6) is -2.04. The standard InChI is InChI=1S/C59H68F2N8O5/c1-36-24-51-47(52(10-16-63-51)69-21-15-46(62-5)31-54(69)71)28-45(36)35-65-17-13-40(14-18-65)55-49(60)29-44(30-50(55)61)58(74)67-19-11-38(12-20-67)34-68-23-22-66(32-37(68)2)33-39-6-7-41-26-43(56(72)59(3,4)48(41)25-39)27-42-8-9-53(70)64-57(42)73/h6-7,10,13,15-16,21,25-26,28-31,36-38,42,62H,8-9,11-12,14,17-20,22-24,27,32-35H2,1-5H3,(H,64,70,73)/t36?,37-,42?/m0/s1. The summed E-state index contributed by atoms with van der Waals surface area (Å²) in [5.41, 5.74) is 8.14. The lowest BCUT2D eigenvalue weighted by atomic mass is 9.69. The summed E-state index contributed by atoms with van der Waals surface area (Å²) in [4.78, 5) is 78.4. The van der Waals surface area contributed by atoms with Crippen molar-refractivity contribution >= 4 is 46.9 Å². The van der Waals surface area contributed by atoms with E-state index < -0.39 is 17.0 Å². The molecule has 0 radical (unpaired) electrons. The number of anilines is 1. The van der Waals surface area contributed by atoms with Crippen LogP contribution < -0.4 is 16.2 Å². The molecule has 74 heavy (non-hydrogen) atoms. The van der Waals surface area contributed by atoms with Gasteiger partial charge in [0.2, 0.25) is 11.8 Å². The number of aromatic nitrogens is 2. The molecule has 6 heterocycles. The van der Waals surface area contributed by atoms with E-state index in [1.807, 2.05) is 38.1 Å². The van der Waals surface area contributed by atoms with Crippen LogP contribution in [0.3, 0.4) is 0 Å². The first-order valence-electron chi connectivity index (χ1n) is 26.5. The fourth-order valence-electron chi connectivity index (χ4n) is 12.2. The fraction of sp³-hybridized carbons (Fsp3) is 0.458. The smallest absolute Gasteiger partial charge is 0.257 e. The first-order chi connectivity index (χ1) is 35.5. The van der Waals surface area contributed by atoms with Gasteiger partial charge in [0.15, 0.2) is 5.78 Å². The first kappa shape index (κ1) is 51.1. The molecule has 13 nitrogen and oxygen atoms in total. The number of allylic oxidation sites excluding steroid dienone is 1. The summed E-state index contributed by atoms with van der Waals surface area (Å²) in [6.45, 7) is 15.7. The third-order valence-corrected chi connectivity index (χ3v) is 16.7. The number of pyridine rings is 2. The number of Topliss-reactive ketones (excluding diaryl/α,β-unsaturated/α-hetero) is 1. The minimum atomic E-state index is -0.738. The van der Waals surface area contributed by atoms with Crippen molar-refractivity contribution in [3.8, 4) is 5.69 Å². The van der Waals surface area contributed by atoms with E-state index in [2.05, 4.69) is 68.4 Å². The van der Waals surface area contributed by atoms with Crippen LogP contribution in [0.5, 0.6) is 0 Å². The molecule has 15 heteroatoms. The molecule has 2 aromatic carbocycles. The van der Waals surface area contributed by atoms with Crippen molar-refractivity contribution in [1.82, 2.24) is 34.5 Å². The van der Waals surface area contributed by atoms with Gasteiger partial charge in [-0.25, -0.2) is 8.78 Å². The SMILES string of the molecule is CNc1ccn(-c2ccnc3c2C=C(CN2CC=C(c4c(F)cc(C(=O)N5CCC(CN6CCN(Cc7ccc8c(c7)C(C)(C)C(=O)C(CC7CCC(=O)NC7=O)=C8)C[C@@H]6C)CC5)cc4F)CC2)C(C)C3)c(=O)c1. The number of carbonyl (C=O) groups is 4. The number of piperidine rings is 2. The highest BCUT2D eigenvalue weighted by molar-refractivity contribution is 6.10. The largest absolute Gasteiger partial charge is 0.388 e. The first-order valence-corrected chi connectivity index (χ1v) is 26.5. The molecule has 3 amide bonds. The quantitative estimate of drug-likeness (QED) is 0.136. The number of halogens is 2. The average Bonchev–Trinajstić information content (AvgIpc) is 3.38. The monoisotopic (exact) mass is 1010 g/mol. The Morgan fingerprint density at radius 2 is 1.66 bits per heavy atom. The van der Waals surface area contributed by atoms with E-state index in [9.17, 15) is 24.0 Å². The zero-order valence-corrected chi connectivity index (χ0v) is 43.3. The Labute approximate surface area is 432 Å². The summed E-state index contributed by atoms with van der Waals surface area (Å²) < 4.78 is 33.5. The van der Waals surface area contributed by atoms with Crippen LogP contribution in [0.15, 0.2) is 82.9 Å². The summed E-state index contributed by atoms with van der Waals surface area (Å²) >= 11 is 0. The lowest BCUT2D eigenvalue weighted by Gasteiger charge is -2.43. The van der Waals surface area contributed by atoms with Gasteiger partial charge in [0, 0.05) is 132 Å². The van der Waals surface area contributed by atoms with Crippen LogP contribution in [0.4, 0.5) is 14.5 Å². The Bertz CT molecular complexity index is 3040. The lowest BCUT2D eigenvalue weighted by Crippen LogP contribution is -2.53. The van der Waals surface area contributed by atoms with E-state index in [1.165, 1.54) is 17.7 Å². The number of likely N-dealkylation sites (tertiary alicyclic amines) is 1. The summed E-state index contributed by atoms with van der Waals surface area (Å²) in [5, 5.41) is 5.43. The zero-order chi connectivity index (χ0) is 52.0. The number of fused-ring (bicyclic) bond motifs is 2. The van der Waals surface area contributed by atoms with Crippen molar-refractivity contribution in [2.75, 3.05) is 71.3 Å². The number of carbonyl (C=O) groups excluding carboxylic acids is 4. The number of hydrogen-bond acceptors (Lipinski definition) is 10. The van der Waals surface area contributed by atoms with Gasteiger partial charge in [-0.3, -0.25) is 53.5 Å². The number of hydrogen-bond donors (Lipinski definition) is 2. The molecule has 0 bridgehead atoms. The lowest BCUT2D eigenvalue weighted by molar-refractivity contribution is -0.136. The van der Waals surface area contributed by atoms with Crippen molar-refractivity contribution in [2.45, 2.75) is 90.6 Å². The zero-order valence-electron chi connectivity index (χ0n) is 43.3. The maximum atomic E-state index is 15.9. The van der Waals surface area contributed by atoms with E-state index in [-0.39, 0.29) is 52.0 Å². The van der Waals surface area contributed by atoms with Gasteiger partial charge < -0.3 is 10.2 Å². The Hall–Kier alpha value is -6.42.